The summed E-state index contributed by atoms with van der Waals surface area (Å²) in [6.07, 6.45) is 0. The van der Waals surface area contributed by atoms with Crippen molar-refractivity contribution in [3.8, 4) is 33.6 Å². The highest BCUT2D eigenvalue weighted by Crippen LogP contribution is 2.47. The predicted octanol–water partition coefficient (Wildman–Crippen LogP) is 13.0. The second kappa shape index (κ2) is 10.4. The highest BCUT2D eigenvalue weighted by atomic mass is 14.8. The lowest BCUT2D eigenvalue weighted by atomic mass is 9.84. The summed E-state index contributed by atoms with van der Waals surface area (Å²) in [7, 11) is 0. The number of hydrogen-bond donors (Lipinski definition) is 0. The van der Waals surface area contributed by atoms with E-state index in [-0.39, 0.29) is 0 Å². The molecule has 50 heavy (non-hydrogen) atoms. The zero-order valence-electron chi connectivity index (χ0n) is 27.1. The van der Waals surface area contributed by atoms with Crippen molar-refractivity contribution < 1.29 is 0 Å². The summed E-state index contributed by atoms with van der Waals surface area (Å²) in [4.78, 5) is 10.6. The van der Waals surface area contributed by atoms with Crippen molar-refractivity contribution in [2.75, 3.05) is 0 Å². The number of fused-ring (bicyclic) bond motifs is 5. The fraction of sp³-hybridized carbons (Fsp3) is 0. The van der Waals surface area contributed by atoms with Gasteiger partial charge in [-0.1, -0.05) is 158 Å². The van der Waals surface area contributed by atoms with Gasteiger partial charge in [0.15, 0.2) is 0 Å². The Morgan fingerprint density at radius 3 is 1.42 bits per heavy atom. The maximum atomic E-state index is 5.45. The molecule has 0 bridgehead atoms. The molecular formula is C48H28N2. The summed E-state index contributed by atoms with van der Waals surface area (Å²) in [5.74, 6) is 0. The van der Waals surface area contributed by atoms with E-state index in [9.17, 15) is 0 Å². The number of nitrogens with zero attached hydrogens (tertiary/aromatic N) is 2. The monoisotopic (exact) mass is 632 g/mol. The number of aromatic nitrogens is 2. The molecule has 0 radical (unpaired) electrons. The van der Waals surface area contributed by atoms with Crippen LogP contribution in [0.15, 0.2) is 170 Å². The van der Waals surface area contributed by atoms with E-state index in [2.05, 4.69) is 164 Å². The van der Waals surface area contributed by atoms with Crippen LogP contribution in [0.5, 0.6) is 0 Å². The topological polar surface area (TPSA) is 25.8 Å². The van der Waals surface area contributed by atoms with Gasteiger partial charge in [0, 0.05) is 21.9 Å². The van der Waals surface area contributed by atoms with Crippen molar-refractivity contribution in [2.24, 2.45) is 0 Å². The molecule has 9 aromatic carbocycles. The van der Waals surface area contributed by atoms with Gasteiger partial charge < -0.3 is 0 Å². The third-order valence-corrected chi connectivity index (χ3v) is 10.6. The minimum Gasteiger partial charge on any atom is -0.245 e. The van der Waals surface area contributed by atoms with Gasteiger partial charge in [-0.15, -0.1) is 0 Å². The van der Waals surface area contributed by atoms with E-state index in [1.807, 2.05) is 6.07 Å². The van der Waals surface area contributed by atoms with Crippen LogP contribution in [0.1, 0.15) is 0 Å². The summed E-state index contributed by atoms with van der Waals surface area (Å²) >= 11 is 0. The Morgan fingerprint density at radius 1 is 0.280 bits per heavy atom. The van der Waals surface area contributed by atoms with Crippen LogP contribution < -0.4 is 0 Å². The molecule has 11 rings (SSSR count). The van der Waals surface area contributed by atoms with E-state index in [0.29, 0.717) is 0 Å². The first-order valence-electron chi connectivity index (χ1n) is 17.2. The van der Waals surface area contributed by atoms with E-state index >= 15 is 0 Å². The molecule has 2 heteroatoms. The first-order valence-corrected chi connectivity index (χ1v) is 17.2. The molecule has 11 aromatic rings. The van der Waals surface area contributed by atoms with Gasteiger partial charge in [0.2, 0.25) is 0 Å². The van der Waals surface area contributed by atoms with Crippen LogP contribution in [0, 0.1) is 0 Å². The van der Waals surface area contributed by atoms with Gasteiger partial charge in [0.1, 0.15) is 0 Å². The summed E-state index contributed by atoms with van der Waals surface area (Å²) < 4.78 is 0. The van der Waals surface area contributed by atoms with Gasteiger partial charge in [0.05, 0.1) is 22.4 Å². The lowest BCUT2D eigenvalue weighted by Crippen LogP contribution is -1.95. The fourth-order valence-electron chi connectivity index (χ4n) is 8.32. The molecule has 2 heterocycles. The van der Waals surface area contributed by atoms with Crippen LogP contribution in [0.4, 0.5) is 0 Å². The van der Waals surface area contributed by atoms with Gasteiger partial charge in [-0.25, -0.2) is 9.97 Å². The smallest absolute Gasteiger partial charge is 0.0972 e. The third kappa shape index (κ3) is 3.90. The Morgan fingerprint density at radius 2 is 0.760 bits per heavy atom. The Bertz CT molecular complexity index is 3070. The summed E-state index contributed by atoms with van der Waals surface area (Å²) in [6, 6.07) is 61.4. The Hall–Kier alpha value is -6.64. The summed E-state index contributed by atoms with van der Waals surface area (Å²) in [5, 5.41) is 14.8. The molecule has 0 fully saturated rings. The highest BCUT2D eigenvalue weighted by Gasteiger charge is 2.20. The lowest BCUT2D eigenvalue weighted by Gasteiger charge is -2.20. The zero-order chi connectivity index (χ0) is 32.8. The van der Waals surface area contributed by atoms with Crippen molar-refractivity contribution in [3.05, 3.63) is 170 Å². The molecule has 230 valence electrons. The SMILES string of the molecule is c1ccc(-c2ccc3ccc4ccc(-c5c6ccccc6c(-c6ccc7ccc8cccc9ccc6c7c89)c6ccccc56)nc4c3n2)cc1. The van der Waals surface area contributed by atoms with Crippen LogP contribution in [-0.2, 0) is 0 Å². The van der Waals surface area contributed by atoms with Crippen molar-refractivity contribution >= 4 is 75.7 Å². The minimum absolute atomic E-state index is 0.918. The molecule has 0 saturated carbocycles. The molecule has 0 aliphatic carbocycles. The molecule has 0 unspecified atom stereocenters. The fourth-order valence-corrected chi connectivity index (χ4v) is 8.32. The Kier molecular flexibility index (Phi) is 5.70. The largest absolute Gasteiger partial charge is 0.245 e. The van der Waals surface area contributed by atoms with E-state index in [1.54, 1.807) is 0 Å². The van der Waals surface area contributed by atoms with E-state index in [0.717, 1.165) is 44.3 Å². The van der Waals surface area contributed by atoms with Crippen molar-refractivity contribution in [1.82, 2.24) is 9.97 Å². The number of rotatable bonds is 3. The number of pyridine rings is 2. The molecule has 0 atom stereocenters. The zero-order valence-corrected chi connectivity index (χ0v) is 27.1. The van der Waals surface area contributed by atoms with E-state index in [1.165, 1.54) is 65.0 Å². The summed E-state index contributed by atoms with van der Waals surface area (Å²) in [6.45, 7) is 0. The Balaban J connectivity index is 1.21. The molecule has 0 amide bonds. The van der Waals surface area contributed by atoms with Gasteiger partial charge in [-0.3, -0.25) is 0 Å². The maximum absolute atomic E-state index is 5.45. The van der Waals surface area contributed by atoms with Gasteiger partial charge >= 0.3 is 0 Å². The lowest BCUT2D eigenvalue weighted by molar-refractivity contribution is 1.37. The van der Waals surface area contributed by atoms with Gasteiger partial charge in [0.25, 0.3) is 0 Å². The van der Waals surface area contributed by atoms with Crippen molar-refractivity contribution in [2.45, 2.75) is 0 Å². The van der Waals surface area contributed by atoms with Crippen LogP contribution in [0.25, 0.3) is 109 Å². The number of benzene rings is 9. The molecule has 2 aromatic heterocycles. The molecule has 0 spiro atoms. The maximum Gasteiger partial charge on any atom is 0.0972 e. The first-order chi connectivity index (χ1) is 24.8. The third-order valence-electron chi connectivity index (χ3n) is 10.6. The minimum atomic E-state index is 0.918. The second-order valence-corrected chi connectivity index (χ2v) is 13.3. The molecule has 0 saturated heterocycles. The predicted molar refractivity (Wildman–Crippen MR) is 212 cm³/mol. The van der Waals surface area contributed by atoms with Crippen LogP contribution in [0.3, 0.4) is 0 Å². The normalized spacial score (nSPS) is 12.0. The highest BCUT2D eigenvalue weighted by molar-refractivity contribution is 6.29. The summed E-state index contributed by atoms with van der Waals surface area (Å²) in [5.41, 5.74) is 8.50. The van der Waals surface area contributed by atoms with Crippen LogP contribution in [-0.4, -0.2) is 9.97 Å². The average molecular weight is 633 g/mol. The second-order valence-electron chi connectivity index (χ2n) is 13.3. The van der Waals surface area contributed by atoms with Gasteiger partial charge in [-0.2, -0.15) is 0 Å². The number of hydrogen-bond acceptors (Lipinski definition) is 2. The molecule has 2 nitrogen and oxygen atoms in total. The molecular weight excluding hydrogens is 605 g/mol. The van der Waals surface area contributed by atoms with Crippen molar-refractivity contribution in [3.63, 3.8) is 0 Å². The first kappa shape index (κ1) is 27.3. The average Bonchev–Trinajstić information content (AvgIpc) is 3.19. The molecule has 0 aliphatic heterocycles. The van der Waals surface area contributed by atoms with Crippen LogP contribution >= 0.6 is 0 Å². The quantitative estimate of drug-likeness (QED) is 0.143. The molecule has 0 N–H and O–H groups in total. The van der Waals surface area contributed by atoms with E-state index < -0.39 is 0 Å². The van der Waals surface area contributed by atoms with E-state index in [4.69, 9.17) is 9.97 Å². The Labute approximate surface area is 288 Å². The standard InChI is InChI=1S/C48H28N2/c1-2-9-29(10-3-1)41-27-23-33-19-20-34-24-28-42(50-48(34)47(33)49-41)46-37-15-6-4-13-35(37)45(36-14-5-7-16-38(36)46)40-26-22-32-18-17-30-11-8-12-31-21-25-39(40)44(32)43(30)31/h1-28H. The van der Waals surface area contributed by atoms with Crippen molar-refractivity contribution in [1.29, 1.82) is 0 Å². The van der Waals surface area contributed by atoms with Crippen LogP contribution in [0.2, 0.25) is 0 Å². The molecule has 0 aliphatic rings. The van der Waals surface area contributed by atoms with Gasteiger partial charge in [-0.05, 0) is 77.1 Å².